The molecular weight excluding hydrogens is 474 g/mol. The van der Waals surface area contributed by atoms with E-state index in [4.69, 9.17) is 14.2 Å². The number of benzene rings is 2. The van der Waals surface area contributed by atoms with Crippen molar-refractivity contribution >= 4 is 17.8 Å². The maximum absolute atomic E-state index is 13.5. The van der Waals surface area contributed by atoms with Gasteiger partial charge in [-0.25, -0.2) is 4.79 Å². The molecule has 0 bridgehead atoms. The van der Waals surface area contributed by atoms with E-state index in [2.05, 4.69) is 0 Å². The first kappa shape index (κ1) is 28.1. The minimum Gasteiger partial charge on any atom is -0.479 e. The molecule has 37 heavy (non-hydrogen) atoms. The van der Waals surface area contributed by atoms with Gasteiger partial charge < -0.3 is 19.3 Å². The molecule has 198 valence electrons. The average Bonchev–Trinajstić information content (AvgIpc) is 2.79. The van der Waals surface area contributed by atoms with Crippen LogP contribution in [0.5, 0.6) is 0 Å². The molecule has 8 nitrogen and oxygen atoms in total. The Bertz CT molecular complexity index is 1110. The molecule has 1 N–H and O–H groups in total. The second-order valence-corrected chi connectivity index (χ2v) is 10.4. The highest BCUT2D eigenvalue weighted by Crippen LogP contribution is 2.31. The summed E-state index contributed by atoms with van der Waals surface area (Å²) in [6, 6.07) is 15.8. The number of esters is 1. The molecule has 1 unspecified atom stereocenters. The van der Waals surface area contributed by atoms with E-state index in [1.165, 1.54) is 11.1 Å². The molecule has 8 heteroatoms. The number of hydrogen-bond acceptors (Lipinski definition) is 6. The summed E-state index contributed by atoms with van der Waals surface area (Å²) in [5.41, 5.74) is 0.198. The third-order valence-corrected chi connectivity index (χ3v) is 5.54. The zero-order valence-corrected chi connectivity index (χ0v) is 21.9. The summed E-state index contributed by atoms with van der Waals surface area (Å²) < 4.78 is 17.4. The summed E-state index contributed by atoms with van der Waals surface area (Å²) in [7, 11) is 0. The second-order valence-electron chi connectivity index (χ2n) is 10.4. The summed E-state index contributed by atoms with van der Waals surface area (Å²) >= 11 is 0. The summed E-state index contributed by atoms with van der Waals surface area (Å²) in [4.78, 5) is 39.5. The zero-order valence-electron chi connectivity index (χ0n) is 21.9. The highest BCUT2D eigenvalue weighted by atomic mass is 16.7. The van der Waals surface area contributed by atoms with Gasteiger partial charge in [0, 0.05) is 18.2 Å². The van der Waals surface area contributed by atoms with Crippen molar-refractivity contribution in [3.05, 3.63) is 84.1 Å². The number of carbonyl (C=O) groups is 3. The molecule has 2 aromatic carbocycles. The number of aliphatic carboxylic acids is 1. The molecule has 1 aliphatic heterocycles. The normalized spacial score (nSPS) is 20.2. The molecule has 2 aromatic rings. The number of carboxylic acid groups (broad SMARTS) is 1. The van der Waals surface area contributed by atoms with Crippen LogP contribution in [-0.4, -0.2) is 51.4 Å². The van der Waals surface area contributed by atoms with Crippen LogP contribution >= 0.6 is 0 Å². The van der Waals surface area contributed by atoms with Crippen LogP contribution in [0.1, 0.15) is 69.4 Å². The number of hydrogen-bond donors (Lipinski definition) is 1. The average molecular weight is 510 g/mol. The maximum atomic E-state index is 13.5. The van der Waals surface area contributed by atoms with Gasteiger partial charge in [0.2, 0.25) is 0 Å². The second kappa shape index (κ2) is 11.7. The van der Waals surface area contributed by atoms with Gasteiger partial charge in [-0.05, 0) is 58.4 Å². The van der Waals surface area contributed by atoms with Crippen LogP contribution in [-0.2, 0) is 23.8 Å². The topological polar surface area (TPSA) is 102 Å². The van der Waals surface area contributed by atoms with Gasteiger partial charge >= 0.3 is 11.9 Å². The first-order valence-electron chi connectivity index (χ1n) is 12.3. The number of nitrogens with zero attached hydrogens (tertiary/aromatic N) is 1. The fraction of sp³-hybridized carbons (Fsp3) is 0.414. The predicted molar refractivity (Wildman–Crippen MR) is 137 cm³/mol. The number of amides is 1. The lowest BCUT2D eigenvalue weighted by molar-refractivity contribution is -0.290. The smallest absolute Gasteiger partial charge is 0.331 e. The van der Waals surface area contributed by atoms with Crippen molar-refractivity contribution in [1.29, 1.82) is 0 Å². The summed E-state index contributed by atoms with van der Waals surface area (Å²) in [6.07, 6.45) is 2.46. The molecule has 0 spiro atoms. The van der Waals surface area contributed by atoms with E-state index < -0.39 is 41.5 Å². The van der Waals surface area contributed by atoms with Crippen LogP contribution in [0.25, 0.3) is 0 Å². The van der Waals surface area contributed by atoms with E-state index in [0.717, 1.165) is 0 Å². The van der Waals surface area contributed by atoms with E-state index in [0.29, 0.717) is 17.5 Å². The highest BCUT2D eigenvalue weighted by Gasteiger charge is 2.37. The Morgan fingerprint density at radius 2 is 1.65 bits per heavy atom. The van der Waals surface area contributed by atoms with Crippen molar-refractivity contribution in [3.63, 3.8) is 0 Å². The lowest BCUT2D eigenvalue weighted by Crippen LogP contribution is -2.45. The lowest BCUT2D eigenvalue weighted by Gasteiger charge is -2.40. The molecule has 0 aliphatic carbocycles. The Morgan fingerprint density at radius 1 is 1.05 bits per heavy atom. The van der Waals surface area contributed by atoms with Crippen LogP contribution in [0, 0.1) is 0 Å². The third kappa shape index (κ3) is 8.27. The fourth-order valence-corrected chi connectivity index (χ4v) is 4.21. The minimum absolute atomic E-state index is 0.0445. The summed E-state index contributed by atoms with van der Waals surface area (Å²) in [5.74, 6) is -3.02. The van der Waals surface area contributed by atoms with Crippen molar-refractivity contribution in [3.8, 4) is 0 Å². The van der Waals surface area contributed by atoms with E-state index in [9.17, 15) is 19.5 Å². The first-order valence-corrected chi connectivity index (χ1v) is 12.3. The van der Waals surface area contributed by atoms with Gasteiger partial charge in [0.25, 0.3) is 5.91 Å². The van der Waals surface area contributed by atoms with Gasteiger partial charge in [-0.1, -0.05) is 48.5 Å². The van der Waals surface area contributed by atoms with Crippen molar-refractivity contribution in [2.45, 2.75) is 77.1 Å². The van der Waals surface area contributed by atoms with E-state index in [-0.39, 0.29) is 12.4 Å². The molecule has 1 fully saturated rings. The summed E-state index contributed by atoms with van der Waals surface area (Å²) in [6.45, 7) is 8.89. The molecule has 3 rings (SSSR count). The lowest BCUT2D eigenvalue weighted by atomic mass is 10.0. The van der Waals surface area contributed by atoms with Crippen molar-refractivity contribution in [2.24, 2.45) is 0 Å². The van der Waals surface area contributed by atoms with Crippen LogP contribution in [0.3, 0.4) is 0 Å². The molecule has 1 amide bonds. The number of rotatable bonds is 8. The van der Waals surface area contributed by atoms with Gasteiger partial charge in [0.15, 0.2) is 11.8 Å². The Hall–Kier alpha value is -3.49. The van der Waals surface area contributed by atoms with Gasteiger partial charge in [0.1, 0.15) is 5.60 Å². The van der Waals surface area contributed by atoms with Crippen molar-refractivity contribution in [2.75, 3.05) is 0 Å². The zero-order chi connectivity index (χ0) is 27.2. The van der Waals surface area contributed by atoms with Crippen molar-refractivity contribution < 1.29 is 33.7 Å². The number of ether oxygens (including phenoxy) is 3. The van der Waals surface area contributed by atoms with Crippen molar-refractivity contribution in [1.82, 2.24) is 4.90 Å². The molecule has 0 saturated carbocycles. The van der Waals surface area contributed by atoms with Gasteiger partial charge in [-0.3, -0.25) is 14.5 Å². The molecule has 0 radical (unpaired) electrons. The van der Waals surface area contributed by atoms with E-state index in [1.807, 2.05) is 0 Å². The molecule has 1 saturated heterocycles. The Balaban J connectivity index is 1.89. The van der Waals surface area contributed by atoms with Crippen LogP contribution < -0.4 is 0 Å². The Labute approximate surface area is 217 Å². The highest BCUT2D eigenvalue weighted by molar-refractivity contribution is 5.97. The number of carboxylic acids is 1. The fourth-order valence-electron chi connectivity index (χ4n) is 4.21. The van der Waals surface area contributed by atoms with Gasteiger partial charge in [-0.15, -0.1) is 0 Å². The van der Waals surface area contributed by atoms with Crippen LogP contribution in [0.4, 0.5) is 0 Å². The van der Waals surface area contributed by atoms with E-state index >= 15 is 0 Å². The summed E-state index contributed by atoms with van der Waals surface area (Å²) in [5, 5.41) is 10.1. The SMILES string of the molecule is CC(C)(C)OC(=O)C[C@H]1C[C@@H](/C=C/N(C(=O)c2ccccc2)C(C(=O)O)c2ccccc2)OC(C)(C)O1. The first-order chi connectivity index (χ1) is 17.3. The van der Waals surface area contributed by atoms with Gasteiger partial charge in [0.05, 0.1) is 18.6 Å². The minimum atomic E-state index is -1.25. The standard InChI is InChI=1S/C29H35NO7/c1-28(2,3)37-24(31)19-23-18-22(35-29(4,5)36-23)16-17-30(26(32)21-14-10-7-11-15-21)25(27(33)34)20-12-8-6-9-13-20/h6-17,22-23,25H,18-19H2,1-5H3,(H,33,34)/b17-16+/t22-,23-,25?/m1/s1. The molecule has 0 aromatic heterocycles. The molecule has 3 atom stereocenters. The Kier molecular flexibility index (Phi) is 8.89. The largest absolute Gasteiger partial charge is 0.479 e. The van der Waals surface area contributed by atoms with E-state index in [1.54, 1.807) is 101 Å². The molecule has 1 heterocycles. The third-order valence-electron chi connectivity index (χ3n) is 5.54. The van der Waals surface area contributed by atoms with Crippen LogP contribution in [0.2, 0.25) is 0 Å². The monoisotopic (exact) mass is 509 g/mol. The predicted octanol–water partition coefficient (Wildman–Crippen LogP) is 5.11. The molecular formula is C29H35NO7. The quantitative estimate of drug-likeness (QED) is 0.493. The molecule has 1 aliphatic rings. The van der Waals surface area contributed by atoms with Gasteiger partial charge in [-0.2, -0.15) is 0 Å². The number of carbonyl (C=O) groups excluding carboxylic acids is 2. The Morgan fingerprint density at radius 3 is 2.22 bits per heavy atom. The maximum Gasteiger partial charge on any atom is 0.331 e. The van der Waals surface area contributed by atoms with Crippen LogP contribution in [0.15, 0.2) is 72.9 Å².